The fraction of sp³-hybridized carbons (Fsp3) is 0.750. The second kappa shape index (κ2) is 4.61. The molecule has 108 valence electrons. The molecule has 1 aromatic heterocycles. The maximum absolute atomic E-state index is 11.9. The van der Waals surface area contributed by atoms with Crippen LogP contribution in [0.15, 0.2) is 18.7 Å². The van der Waals surface area contributed by atoms with E-state index in [2.05, 4.69) is 10.3 Å². The van der Waals surface area contributed by atoms with Crippen LogP contribution >= 0.6 is 0 Å². The summed E-state index contributed by atoms with van der Waals surface area (Å²) >= 11 is 0. The highest BCUT2D eigenvalue weighted by Crippen LogP contribution is 2.61. The third kappa shape index (κ3) is 2.15. The van der Waals surface area contributed by atoms with Crippen molar-refractivity contribution in [3.63, 3.8) is 0 Å². The van der Waals surface area contributed by atoms with Gasteiger partial charge in [0.25, 0.3) is 0 Å². The Morgan fingerprint density at radius 3 is 2.40 bits per heavy atom. The van der Waals surface area contributed by atoms with Gasteiger partial charge in [0.05, 0.1) is 0 Å². The number of nitrogens with one attached hydrogen (secondary N) is 1. The summed E-state index contributed by atoms with van der Waals surface area (Å²) in [4.78, 5) is 15.8. The number of nitrogens with zero attached hydrogens (tertiary/aromatic N) is 2. The quantitative estimate of drug-likeness (QED) is 0.920. The van der Waals surface area contributed by atoms with Gasteiger partial charge in [0.1, 0.15) is 6.33 Å². The molecule has 1 amide bonds. The highest BCUT2D eigenvalue weighted by Gasteiger charge is 2.50. The molecule has 4 aliphatic carbocycles. The zero-order chi connectivity index (χ0) is 13.6. The molecule has 0 atom stereocenters. The standard InChI is InChI=1S/C16H23N3O/c20-15(19-4-3-17-11-19)18-2-1-16-8-12-5-13(9-16)7-14(6-12)10-16/h3-4,11-14H,1-2,5-10H2,(H,18,20). The number of imidazole rings is 1. The van der Waals surface area contributed by atoms with Crippen molar-refractivity contribution in [1.29, 1.82) is 0 Å². The summed E-state index contributed by atoms with van der Waals surface area (Å²) in [7, 11) is 0. The Kier molecular flexibility index (Phi) is 2.86. The molecule has 0 spiro atoms. The molecule has 0 aliphatic heterocycles. The van der Waals surface area contributed by atoms with Crippen LogP contribution < -0.4 is 5.32 Å². The first-order valence-corrected chi connectivity index (χ1v) is 7.99. The lowest BCUT2D eigenvalue weighted by atomic mass is 9.49. The molecule has 20 heavy (non-hydrogen) atoms. The summed E-state index contributed by atoms with van der Waals surface area (Å²) in [5.41, 5.74) is 0.553. The summed E-state index contributed by atoms with van der Waals surface area (Å²) < 4.78 is 1.51. The zero-order valence-corrected chi connectivity index (χ0v) is 11.9. The van der Waals surface area contributed by atoms with Gasteiger partial charge in [-0.1, -0.05) is 0 Å². The highest BCUT2D eigenvalue weighted by molar-refractivity contribution is 5.76. The molecule has 4 fully saturated rings. The van der Waals surface area contributed by atoms with E-state index in [1.165, 1.54) is 43.1 Å². The van der Waals surface area contributed by atoms with Crippen LogP contribution in [-0.4, -0.2) is 22.1 Å². The molecular weight excluding hydrogens is 250 g/mol. The second-order valence-corrected chi connectivity index (χ2v) is 7.37. The van der Waals surface area contributed by atoms with E-state index in [-0.39, 0.29) is 6.03 Å². The van der Waals surface area contributed by atoms with Crippen LogP contribution in [0.4, 0.5) is 4.79 Å². The third-order valence-corrected chi connectivity index (χ3v) is 5.84. The smallest absolute Gasteiger partial charge is 0.326 e. The van der Waals surface area contributed by atoms with E-state index in [1.807, 2.05) is 0 Å². The Hall–Kier alpha value is -1.32. The molecule has 0 radical (unpaired) electrons. The molecule has 4 saturated carbocycles. The van der Waals surface area contributed by atoms with Crippen molar-refractivity contribution < 1.29 is 4.79 Å². The molecule has 5 rings (SSSR count). The zero-order valence-electron chi connectivity index (χ0n) is 11.9. The summed E-state index contributed by atoms with van der Waals surface area (Å²) in [6.45, 7) is 0.809. The van der Waals surface area contributed by atoms with Gasteiger partial charge >= 0.3 is 6.03 Å². The fourth-order valence-electron chi connectivity index (χ4n) is 5.50. The van der Waals surface area contributed by atoms with E-state index in [9.17, 15) is 4.79 Å². The highest BCUT2D eigenvalue weighted by atomic mass is 16.2. The van der Waals surface area contributed by atoms with Crippen molar-refractivity contribution in [2.75, 3.05) is 6.54 Å². The third-order valence-electron chi connectivity index (χ3n) is 5.84. The van der Waals surface area contributed by atoms with E-state index in [0.717, 1.165) is 30.7 Å². The van der Waals surface area contributed by atoms with Crippen LogP contribution in [0.2, 0.25) is 0 Å². The van der Waals surface area contributed by atoms with Gasteiger partial charge < -0.3 is 5.32 Å². The molecule has 1 aromatic rings. The number of aromatic nitrogens is 2. The molecule has 4 aliphatic rings. The van der Waals surface area contributed by atoms with Crippen LogP contribution in [0.1, 0.15) is 44.9 Å². The molecular formula is C16H23N3O. The number of carbonyl (C=O) groups excluding carboxylic acids is 1. The SMILES string of the molecule is O=C(NCCC12CC3CC(CC(C3)C1)C2)n1ccnc1. The van der Waals surface area contributed by atoms with Crippen LogP contribution in [0.3, 0.4) is 0 Å². The molecule has 0 saturated heterocycles. The predicted molar refractivity (Wildman–Crippen MR) is 76.2 cm³/mol. The Morgan fingerprint density at radius 1 is 1.20 bits per heavy atom. The van der Waals surface area contributed by atoms with Gasteiger partial charge in [0.15, 0.2) is 0 Å². The van der Waals surface area contributed by atoms with Gasteiger partial charge in [-0.3, -0.25) is 4.57 Å². The fourth-order valence-corrected chi connectivity index (χ4v) is 5.50. The number of carbonyl (C=O) groups is 1. The molecule has 4 bridgehead atoms. The number of rotatable bonds is 3. The second-order valence-electron chi connectivity index (χ2n) is 7.37. The van der Waals surface area contributed by atoms with Gasteiger partial charge in [0.2, 0.25) is 0 Å². The van der Waals surface area contributed by atoms with Crippen molar-refractivity contribution in [3.05, 3.63) is 18.7 Å². The molecule has 4 heteroatoms. The van der Waals surface area contributed by atoms with Crippen LogP contribution in [0.25, 0.3) is 0 Å². The Bertz CT molecular complexity index is 459. The number of hydrogen-bond donors (Lipinski definition) is 1. The van der Waals surface area contributed by atoms with Crippen LogP contribution in [0, 0.1) is 23.2 Å². The maximum Gasteiger partial charge on any atom is 0.326 e. The molecule has 0 unspecified atom stereocenters. The van der Waals surface area contributed by atoms with Crippen LogP contribution in [-0.2, 0) is 0 Å². The topological polar surface area (TPSA) is 46.9 Å². The van der Waals surface area contributed by atoms with Gasteiger partial charge in [0, 0.05) is 18.9 Å². The molecule has 0 aromatic carbocycles. The van der Waals surface area contributed by atoms with E-state index in [1.54, 1.807) is 18.7 Å². The Labute approximate surface area is 120 Å². The first-order valence-electron chi connectivity index (χ1n) is 7.99. The normalized spacial score (nSPS) is 38.1. The van der Waals surface area contributed by atoms with E-state index in [0.29, 0.717) is 5.41 Å². The largest absolute Gasteiger partial charge is 0.337 e. The van der Waals surface area contributed by atoms with Crippen molar-refractivity contribution in [3.8, 4) is 0 Å². The molecule has 1 N–H and O–H groups in total. The lowest BCUT2D eigenvalue weighted by Crippen LogP contribution is -2.47. The summed E-state index contributed by atoms with van der Waals surface area (Å²) in [6.07, 6.45) is 14.8. The molecule has 1 heterocycles. The van der Waals surface area contributed by atoms with Gasteiger partial charge in [-0.2, -0.15) is 0 Å². The van der Waals surface area contributed by atoms with Crippen molar-refractivity contribution in [1.82, 2.24) is 14.9 Å². The average Bonchev–Trinajstić information content (AvgIpc) is 2.90. The summed E-state index contributed by atoms with van der Waals surface area (Å²) in [5, 5.41) is 3.04. The maximum atomic E-state index is 11.9. The predicted octanol–water partition coefficient (Wildman–Crippen LogP) is 3.05. The average molecular weight is 273 g/mol. The Balaban J connectivity index is 1.34. The minimum atomic E-state index is -0.0489. The van der Waals surface area contributed by atoms with Gasteiger partial charge in [-0.05, 0) is 68.1 Å². The summed E-state index contributed by atoms with van der Waals surface area (Å²) in [5.74, 6) is 2.97. The van der Waals surface area contributed by atoms with Crippen molar-refractivity contribution in [2.45, 2.75) is 44.9 Å². The monoisotopic (exact) mass is 273 g/mol. The molecule has 4 nitrogen and oxygen atoms in total. The van der Waals surface area contributed by atoms with Crippen molar-refractivity contribution in [2.24, 2.45) is 23.2 Å². The lowest BCUT2D eigenvalue weighted by molar-refractivity contribution is -0.0563. The summed E-state index contributed by atoms with van der Waals surface area (Å²) in [6, 6.07) is -0.0489. The number of hydrogen-bond acceptors (Lipinski definition) is 2. The van der Waals surface area contributed by atoms with Crippen LogP contribution in [0.5, 0.6) is 0 Å². The van der Waals surface area contributed by atoms with Gasteiger partial charge in [-0.25, -0.2) is 9.78 Å². The van der Waals surface area contributed by atoms with Crippen molar-refractivity contribution >= 4 is 6.03 Å². The lowest BCUT2D eigenvalue weighted by Gasteiger charge is -2.57. The van der Waals surface area contributed by atoms with E-state index >= 15 is 0 Å². The first kappa shape index (κ1) is 12.4. The number of amides is 1. The minimum absolute atomic E-state index is 0.0489. The van der Waals surface area contributed by atoms with Gasteiger partial charge in [-0.15, -0.1) is 0 Å². The minimum Gasteiger partial charge on any atom is -0.337 e. The first-order chi connectivity index (χ1) is 9.72. The van der Waals surface area contributed by atoms with E-state index in [4.69, 9.17) is 0 Å². The van der Waals surface area contributed by atoms with E-state index < -0.39 is 0 Å². The Morgan fingerprint density at radius 2 is 1.85 bits per heavy atom.